The van der Waals surface area contributed by atoms with E-state index in [-0.39, 0.29) is 17.2 Å². The van der Waals surface area contributed by atoms with E-state index in [1.807, 2.05) is 0 Å². The van der Waals surface area contributed by atoms with Crippen molar-refractivity contribution in [3.05, 3.63) is 35.6 Å². The van der Waals surface area contributed by atoms with Crippen LogP contribution in [0, 0.1) is 17.2 Å². The smallest absolute Gasteiger partial charge is 0.244 e. The van der Waals surface area contributed by atoms with Crippen molar-refractivity contribution < 1.29 is 18.7 Å². The van der Waals surface area contributed by atoms with Crippen LogP contribution in [0.3, 0.4) is 0 Å². The minimum Gasteiger partial charge on any atom is -0.381 e. The first-order chi connectivity index (χ1) is 10.5. The summed E-state index contributed by atoms with van der Waals surface area (Å²) in [7, 11) is 0. The highest BCUT2D eigenvalue weighted by atomic mass is 19.1. The molecule has 1 spiro atoms. The largest absolute Gasteiger partial charge is 0.381 e. The van der Waals surface area contributed by atoms with Crippen molar-refractivity contribution in [2.45, 2.75) is 25.3 Å². The Morgan fingerprint density at radius 2 is 1.91 bits per heavy atom. The first kappa shape index (κ1) is 15.0. The predicted octanol–water partition coefficient (Wildman–Crippen LogP) is 1.28. The predicted molar refractivity (Wildman–Crippen MR) is 77.1 cm³/mol. The van der Waals surface area contributed by atoms with Gasteiger partial charge in [0.05, 0.1) is 0 Å². The van der Waals surface area contributed by atoms with Crippen LogP contribution in [0.2, 0.25) is 0 Å². The maximum absolute atomic E-state index is 13.0. The lowest BCUT2D eigenvalue weighted by Crippen LogP contribution is -2.39. The van der Waals surface area contributed by atoms with Gasteiger partial charge in [-0.2, -0.15) is 0 Å². The summed E-state index contributed by atoms with van der Waals surface area (Å²) in [6.07, 6.45) is 2.59. The fourth-order valence-electron chi connectivity index (χ4n) is 3.27. The molecule has 0 bridgehead atoms. The molecule has 3 N–H and O–H groups in total. The quantitative estimate of drug-likeness (QED) is 0.879. The van der Waals surface area contributed by atoms with E-state index in [1.165, 1.54) is 24.3 Å². The maximum atomic E-state index is 13.0. The van der Waals surface area contributed by atoms with Gasteiger partial charge in [0, 0.05) is 19.1 Å². The van der Waals surface area contributed by atoms with Gasteiger partial charge < -0.3 is 15.8 Å². The van der Waals surface area contributed by atoms with E-state index in [1.54, 1.807) is 0 Å². The van der Waals surface area contributed by atoms with Crippen molar-refractivity contribution in [3.8, 4) is 0 Å². The monoisotopic (exact) mass is 306 g/mol. The van der Waals surface area contributed by atoms with E-state index < -0.39 is 17.8 Å². The van der Waals surface area contributed by atoms with Gasteiger partial charge in [-0.25, -0.2) is 4.39 Å². The summed E-state index contributed by atoms with van der Waals surface area (Å²) >= 11 is 0. The Kier molecular flexibility index (Phi) is 3.87. The van der Waals surface area contributed by atoms with Crippen LogP contribution in [0.5, 0.6) is 0 Å². The van der Waals surface area contributed by atoms with Crippen LogP contribution in [0.15, 0.2) is 24.3 Å². The van der Waals surface area contributed by atoms with E-state index in [0.29, 0.717) is 18.8 Å². The highest BCUT2D eigenvalue weighted by molar-refractivity contribution is 5.90. The Morgan fingerprint density at radius 3 is 2.50 bits per heavy atom. The number of nitrogens with one attached hydrogen (secondary N) is 1. The van der Waals surface area contributed by atoms with E-state index in [2.05, 4.69) is 5.32 Å². The molecule has 6 heteroatoms. The molecule has 0 aromatic heterocycles. The number of benzene rings is 1. The zero-order valence-corrected chi connectivity index (χ0v) is 12.2. The highest BCUT2D eigenvalue weighted by Gasteiger charge is 2.58. The van der Waals surface area contributed by atoms with Gasteiger partial charge in [-0.3, -0.25) is 9.59 Å². The summed E-state index contributed by atoms with van der Waals surface area (Å²) in [6.45, 7) is 1.36. The minimum absolute atomic E-state index is 0.0350. The van der Waals surface area contributed by atoms with Gasteiger partial charge in [-0.05, 0) is 42.4 Å². The Morgan fingerprint density at radius 1 is 1.27 bits per heavy atom. The highest BCUT2D eigenvalue weighted by Crippen LogP contribution is 2.59. The number of amides is 2. The molecule has 1 saturated heterocycles. The zero-order valence-electron chi connectivity index (χ0n) is 12.2. The Labute approximate surface area is 128 Å². The Bertz CT molecular complexity index is 582. The molecule has 2 amide bonds. The normalized spacial score (nSPS) is 23.8. The third-order valence-electron chi connectivity index (χ3n) is 4.77. The second-order valence-corrected chi connectivity index (χ2v) is 6.13. The summed E-state index contributed by atoms with van der Waals surface area (Å²) in [5.74, 6) is -1.29. The van der Waals surface area contributed by atoms with Gasteiger partial charge in [0.2, 0.25) is 11.8 Å². The summed E-state index contributed by atoms with van der Waals surface area (Å²) < 4.78 is 18.3. The minimum atomic E-state index is -0.925. The molecule has 0 radical (unpaired) electrons. The fraction of sp³-hybridized carbons (Fsp3) is 0.500. The molecule has 1 aromatic carbocycles. The zero-order chi connectivity index (χ0) is 15.7. The number of rotatable bonds is 4. The van der Waals surface area contributed by atoms with Crippen LogP contribution >= 0.6 is 0 Å². The third-order valence-corrected chi connectivity index (χ3v) is 4.77. The van der Waals surface area contributed by atoms with Crippen molar-refractivity contribution >= 4 is 11.8 Å². The van der Waals surface area contributed by atoms with E-state index in [0.717, 1.165) is 19.3 Å². The van der Waals surface area contributed by atoms with Crippen LogP contribution < -0.4 is 11.1 Å². The lowest BCUT2D eigenvalue weighted by molar-refractivity contribution is -0.129. The van der Waals surface area contributed by atoms with Crippen molar-refractivity contribution in [3.63, 3.8) is 0 Å². The molecule has 118 valence electrons. The maximum Gasteiger partial charge on any atom is 0.244 e. The summed E-state index contributed by atoms with van der Waals surface area (Å²) in [5, 5.41) is 2.71. The number of nitrogens with two attached hydrogens (primary N) is 1. The molecule has 1 heterocycles. The van der Waals surface area contributed by atoms with Gasteiger partial charge in [0.1, 0.15) is 11.9 Å². The molecule has 1 aliphatic carbocycles. The number of hydrogen-bond donors (Lipinski definition) is 2. The second-order valence-electron chi connectivity index (χ2n) is 6.13. The number of ether oxygens (including phenoxy) is 1. The number of hydrogen-bond acceptors (Lipinski definition) is 3. The topological polar surface area (TPSA) is 81.4 Å². The van der Waals surface area contributed by atoms with Crippen LogP contribution in [0.4, 0.5) is 4.39 Å². The molecule has 5 nitrogen and oxygen atoms in total. The molecule has 2 unspecified atom stereocenters. The third kappa shape index (κ3) is 2.83. The number of carbonyl (C=O) groups is 2. The van der Waals surface area contributed by atoms with Gasteiger partial charge in [-0.1, -0.05) is 12.1 Å². The van der Waals surface area contributed by atoms with Gasteiger partial charge >= 0.3 is 0 Å². The van der Waals surface area contributed by atoms with Crippen molar-refractivity contribution in [1.29, 1.82) is 0 Å². The SMILES string of the molecule is NC(=O)C(NC(=O)C1CC12CCOCC2)c1ccc(F)cc1. The molecular formula is C16H19FN2O3. The Balaban J connectivity index is 1.68. The number of primary amides is 1. The van der Waals surface area contributed by atoms with Gasteiger partial charge in [0.25, 0.3) is 0 Å². The molecule has 1 aliphatic heterocycles. The van der Waals surface area contributed by atoms with E-state index in [4.69, 9.17) is 10.5 Å². The first-order valence-corrected chi connectivity index (χ1v) is 7.45. The van der Waals surface area contributed by atoms with Gasteiger partial charge in [-0.15, -0.1) is 0 Å². The van der Waals surface area contributed by atoms with Gasteiger partial charge in [0.15, 0.2) is 0 Å². The number of halogens is 1. The molecule has 2 atom stereocenters. The summed E-state index contributed by atoms with van der Waals surface area (Å²) in [4.78, 5) is 24.0. The fourth-order valence-corrected chi connectivity index (χ4v) is 3.27. The molecule has 1 saturated carbocycles. The van der Waals surface area contributed by atoms with Crippen LogP contribution in [-0.4, -0.2) is 25.0 Å². The molecule has 2 fully saturated rings. The van der Waals surface area contributed by atoms with E-state index in [9.17, 15) is 14.0 Å². The lowest BCUT2D eigenvalue weighted by atomic mass is 9.93. The van der Waals surface area contributed by atoms with Crippen LogP contribution in [0.1, 0.15) is 30.9 Å². The second kappa shape index (κ2) is 5.68. The molecule has 22 heavy (non-hydrogen) atoms. The molecular weight excluding hydrogens is 287 g/mol. The molecule has 3 rings (SSSR count). The average Bonchev–Trinajstić information content (AvgIpc) is 3.19. The average molecular weight is 306 g/mol. The summed E-state index contributed by atoms with van der Waals surface area (Å²) in [5.41, 5.74) is 5.90. The standard InChI is InChI=1S/C16H19FN2O3/c17-11-3-1-10(2-4-11)13(14(18)20)19-15(21)12-9-16(12)5-7-22-8-6-16/h1-4,12-13H,5-9H2,(H2,18,20)(H,19,21). The van der Waals surface area contributed by atoms with Crippen LogP contribution in [-0.2, 0) is 14.3 Å². The molecule has 1 aromatic rings. The molecule has 2 aliphatic rings. The van der Waals surface area contributed by atoms with Crippen molar-refractivity contribution in [1.82, 2.24) is 5.32 Å². The lowest BCUT2D eigenvalue weighted by Gasteiger charge is -2.23. The Hall–Kier alpha value is -1.95. The summed E-state index contributed by atoms with van der Waals surface area (Å²) in [6, 6.07) is 4.48. The first-order valence-electron chi connectivity index (χ1n) is 7.45. The van der Waals surface area contributed by atoms with Crippen molar-refractivity contribution in [2.24, 2.45) is 17.1 Å². The van der Waals surface area contributed by atoms with E-state index >= 15 is 0 Å². The number of carbonyl (C=O) groups excluding carboxylic acids is 2. The van der Waals surface area contributed by atoms with Crippen LogP contribution in [0.25, 0.3) is 0 Å². The van der Waals surface area contributed by atoms with Crippen molar-refractivity contribution in [2.75, 3.05) is 13.2 Å².